The molecule has 8 heteroatoms. The van der Waals surface area contributed by atoms with Crippen LogP contribution < -0.4 is 14.8 Å². The number of hydrogen-bond acceptors (Lipinski definition) is 5. The molecule has 0 unspecified atom stereocenters. The molecule has 0 saturated heterocycles. The maximum atomic E-state index is 15.2. The summed E-state index contributed by atoms with van der Waals surface area (Å²) in [7, 11) is 1.62. The SMILES string of the molecule is COc1cccc([C@@H]2Oc3ccc(Cl)cc3C3=C2[C@H](c2ccccc2F)n2ncnc2N3)c1. The van der Waals surface area contributed by atoms with Crippen LogP contribution in [0.5, 0.6) is 11.5 Å². The standard InChI is InChI=1S/C25H18ClFN4O2/c1-32-16-6-4-5-14(11-16)24-21-22(18-12-15(26)9-10-20(18)33-24)30-25-28-13-29-31(25)23(21)17-7-2-3-8-19(17)27/h2-13,23-24H,1H3,(H,28,29,30)/t23-,24-/m0/s1. The lowest BCUT2D eigenvalue weighted by Crippen LogP contribution is -2.32. The Hall–Kier alpha value is -3.84. The highest BCUT2D eigenvalue weighted by Gasteiger charge is 2.41. The second-order valence-corrected chi connectivity index (χ2v) is 8.26. The molecule has 4 aromatic rings. The number of fused-ring (bicyclic) bond motifs is 3. The van der Waals surface area contributed by atoms with Crippen LogP contribution in [0.2, 0.25) is 5.02 Å². The van der Waals surface area contributed by atoms with Gasteiger partial charge in [0.1, 0.15) is 35.8 Å². The Labute approximate surface area is 194 Å². The van der Waals surface area contributed by atoms with Crippen LogP contribution in [0.15, 0.2) is 78.6 Å². The minimum atomic E-state index is -0.580. The van der Waals surface area contributed by atoms with E-state index >= 15 is 4.39 Å². The number of ether oxygens (including phenoxy) is 2. The summed E-state index contributed by atoms with van der Waals surface area (Å²) in [6, 6.07) is 19.2. The van der Waals surface area contributed by atoms with Gasteiger partial charge < -0.3 is 14.8 Å². The predicted molar refractivity (Wildman–Crippen MR) is 123 cm³/mol. The summed E-state index contributed by atoms with van der Waals surface area (Å²) < 4.78 is 28.8. The molecule has 164 valence electrons. The van der Waals surface area contributed by atoms with Crippen LogP contribution in [0.1, 0.15) is 28.8 Å². The van der Waals surface area contributed by atoms with Crippen molar-refractivity contribution in [1.29, 1.82) is 0 Å². The number of benzene rings is 3. The lowest BCUT2D eigenvalue weighted by atomic mass is 9.84. The topological polar surface area (TPSA) is 61.2 Å². The van der Waals surface area contributed by atoms with Gasteiger partial charge in [0.25, 0.3) is 0 Å². The van der Waals surface area contributed by atoms with Crippen molar-refractivity contribution in [3.05, 3.63) is 106 Å². The fourth-order valence-corrected chi connectivity index (χ4v) is 4.69. The Kier molecular flexibility index (Phi) is 4.58. The van der Waals surface area contributed by atoms with E-state index in [4.69, 9.17) is 21.1 Å². The molecule has 0 aliphatic carbocycles. The fourth-order valence-electron chi connectivity index (χ4n) is 4.52. The second-order valence-electron chi connectivity index (χ2n) is 7.82. The molecule has 0 bridgehead atoms. The molecule has 2 atom stereocenters. The van der Waals surface area contributed by atoms with E-state index in [0.717, 1.165) is 22.4 Å². The number of aromatic nitrogens is 3. The van der Waals surface area contributed by atoms with Crippen molar-refractivity contribution in [3.63, 3.8) is 0 Å². The van der Waals surface area contributed by atoms with E-state index in [1.54, 1.807) is 30.0 Å². The van der Waals surface area contributed by atoms with Gasteiger partial charge >= 0.3 is 0 Å². The zero-order chi connectivity index (χ0) is 22.5. The molecule has 6 nitrogen and oxygen atoms in total. The molecule has 1 aromatic heterocycles. The number of methoxy groups -OCH3 is 1. The van der Waals surface area contributed by atoms with E-state index in [9.17, 15) is 0 Å². The number of halogens is 2. The summed E-state index contributed by atoms with van der Waals surface area (Å²) in [5.41, 5.74) is 3.71. The van der Waals surface area contributed by atoms with Crippen molar-refractivity contribution in [2.24, 2.45) is 0 Å². The molecule has 0 radical (unpaired) electrons. The first kappa shape index (κ1) is 19.8. The van der Waals surface area contributed by atoms with E-state index in [-0.39, 0.29) is 5.82 Å². The number of anilines is 1. The van der Waals surface area contributed by atoms with Crippen LogP contribution >= 0.6 is 11.6 Å². The second kappa shape index (κ2) is 7.64. The molecular weight excluding hydrogens is 443 g/mol. The average Bonchev–Trinajstić information content (AvgIpc) is 3.31. The molecule has 3 heterocycles. The maximum absolute atomic E-state index is 15.2. The van der Waals surface area contributed by atoms with Crippen LogP contribution in [0.3, 0.4) is 0 Å². The van der Waals surface area contributed by atoms with Gasteiger partial charge in [0.15, 0.2) is 0 Å². The van der Waals surface area contributed by atoms with Gasteiger partial charge in [0, 0.05) is 27.3 Å². The normalized spacial score (nSPS) is 18.5. The van der Waals surface area contributed by atoms with Gasteiger partial charge in [-0.05, 0) is 36.4 Å². The zero-order valence-corrected chi connectivity index (χ0v) is 18.3. The first-order chi connectivity index (χ1) is 16.1. The van der Waals surface area contributed by atoms with E-state index in [1.807, 2.05) is 42.5 Å². The molecule has 3 aromatic carbocycles. The third-order valence-corrected chi connectivity index (χ3v) is 6.21. The zero-order valence-electron chi connectivity index (χ0n) is 17.5. The van der Waals surface area contributed by atoms with E-state index < -0.39 is 12.1 Å². The van der Waals surface area contributed by atoms with E-state index in [0.29, 0.717) is 28.0 Å². The highest BCUT2D eigenvalue weighted by Crippen LogP contribution is 2.51. The molecular formula is C25H18ClFN4O2. The highest BCUT2D eigenvalue weighted by molar-refractivity contribution is 6.30. The summed E-state index contributed by atoms with van der Waals surface area (Å²) in [5.74, 6) is 1.55. The van der Waals surface area contributed by atoms with Crippen LogP contribution in [0.25, 0.3) is 5.70 Å². The summed E-state index contributed by atoms with van der Waals surface area (Å²) in [4.78, 5) is 4.36. The van der Waals surface area contributed by atoms with Gasteiger partial charge in [-0.3, -0.25) is 0 Å². The Morgan fingerprint density at radius 2 is 1.97 bits per heavy atom. The summed E-state index contributed by atoms with van der Waals surface area (Å²) in [5, 5.41) is 8.37. The quantitative estimate of drug-likeness (QED) is 0.428. The number of nitrogens with one attached hydrogen (secondary N) is 1. The Morgan fingerprint density at radius 1 is 1.09 bits per heavy atom. The molecule has 2 aliphatic rings. The van der Waals surface area contributed by atoms with Crippen molar-refractivity contribution in [1.82, 2.24) is 14.8 Å². The van der Waals surface area contributed by atoms with Crippen molar-refractivity contribution >= 4 is 23.2 Å². The number of rotatable bonds is 3. The predicted octanol–water partition coefficient (Wildman–Crippen LogP) is 5.64. The van der Waals surface area contributed by atoms with Crippen LogP contribution in [0.4, 0.5) is 10.3 Å². The van der Waals surface area contributed by atoms with Gasteiger partial charge in [-0.2, -0.15) is 10.1 Å². The van der Waals surface area contributed by atoms with Gasteiger partial charge in [-0.15, -0.1) is 0 Å². The summed E-state index contributed by atoms with van der Waals surface area (Å²) >= 11 is 6.34. The molecule has 0 amide bonds. The smallest absolute Gasteiger partial charge is 0.226 e. The maximum Gasteiger partial charge on any atom is 0.226 e. The fraction of sp³-hybridized carbons (Fsp3) is 0.120. The molecule has 33 heavy (non-hydrogen) atoms. The van der Waals surface area contributed by atoms with Gasteiger partial charge in [0.05, 0.1) is 12.8 Å². The van der Waals surface area contributed by atoms with Crippen LogP contribution in [-0.4, -0.2) is 21.9 Å². The van der Waals surface area contributed by atoms with Gasteiger partial charge in [-0.25, -0.2) is 9.07 Å². The first-order valence-corrected chi connectivity index (χ1v) is 10.8. The molecule has 0 fully saturated rings. The minimum Gasteiger partial charge on any atom is -0.497 e. The molecule has 6 rings (SSSR count). The number of hydrogen-bond donors (Lipinski definition) is 1. The lowest BCUT2D eigenvalue weighted by molar-refractivity contribution is 0.222. The highest BCUT2D eigenvalue weighted by atomic mass is 35.5. The van der Waals surface area contributed by atoms with Gasteiger partial charge in [0.2, 0.25) is 5.95 Å². The monoisotopic (exact) mass is 460 g/mol. The van der Waals surface area contributed by atoms with Crippen molar-refractivity contribution in [2.45, 2.75) is 12.1 Å². The first-order valence-electron chi connectivity index (χ1n) is 10.4. The minimum absolute atomic E-state index is 0.334. The summed E-state index contributed by atoms with van der Waals surface area (Å²) in [6.07, 6.45) is 0.924. The van der Waals surface area contributed by atoms with E-state index in [1.165, 1.54) is 12.4 Å². The number of nitrogens with zero attached hydrogens (tertiary/aromatic N) is 3. The molecule has 1 N–H and O–H groups in total. The summed E-state index contributed by atoms with van der Waals surface area (Å²) in [6.45, 7) is 0. The third-order valence-electron chi connectivity index (χ3n) is 5.97. The molecule has 0 saturated carbocycles. The Morgan fingerprint density at radius 3 is 2.82 bits per heavy atom. The van der Waals surface area contributed by atoms with E-state index in [2.05, 4.69) is 15.4 Å². The molecule has 2 aliphatic heterocycles. The van der Waals surface area contributed by atoms with Crippen molar-refractivity contribution in [2.75, 3.05) is 12.4 Å². The Balaban J connectivity index is 1.65. The van der Waals surface area contributed by atoms with Crippen molar-refractivity contribution < 1.29 is 13.9 Å². The van der Waals surface area contributed by atoms with Crippen LogP contribution in [0, 0.1) is 5.82 Å². The van der Waals surface area contributed by atoms with Crippen molar-refractivity contribution in [3.8, 4) is 11.5 Å². The van der Waals surface area contributed by atoms with Crippen LogP contribution in [-0.2, 0) is 0 Å². The average molecular weight is 461 g/mol. The largest absolute Gasteiger partial charge is 0.497 e. The third kappa shape index (κ3) is 3.15. The van der Waals surface area contributed by atoms with Gasteiger partial charge in [-0.1, -0.05) is 41.9 Å². The Bertz CT molecular complexity index is 1420. The molecule has 0 spiro atoms. The lowest BCUT2D eigenvalue weighted by Gasteiger charge is -2.39.